The number of pyridine rings is 1. The number of hydrogen-bond acceptors (Lipinski definition) is 3. The second kappa shape index (κ2) is 3.51. The average Bonchev–Trinajstić information content (AvgIpc) is 2.45. The summed E-state index contributed by atoms with van der Waals surface area (Å²) in [5.74, 6) is 0.0641. The quantitative estimate of drug-likeness (QED) is 0.733. The van der Waals surface area contributed by atoms with Crippen LogP contribution in [0.4, 0.5) is 10.2 Å². The van der Waals surface area contributed by atoms with Gasteiger partial charge in [0.25, 0.3) is 0 Å². The maximum absolute atomic E-state index is 13.4. The number of anilines is 1. The van der Waals surface area contributed by atoms with E-state index in [0.717, 1.165) is 0 Å². The van der Waals surface area contributed by atoms with Gasteiger partial charge in [-0.1, -0.05) is 11.6 Å². The highest BCUT2D eigenvalue weighted by molar-refractivity contribution is 6.31. The number of imidazole rings is 1. The van der Waals surface area contributed by atoms with Crippen molar-refractivity contribution in [2.75, 3.05) is 5.73 Å². The number of aromatic nitrogens is 3. The van der Waals surface area contributed by atoms with Crippen molar-refractivity contribution in [1.29, 1.82) is 0 Å². The number of nitrogen functional groups attached to an aromatic ring is 1. The van der Waals surface area contributed by atoms with Crippen LogP contribution in [0.1, 0.15) is 5.82 Å². The van der Waals surface area contributed by atoms with Crippen LogP contribution in [0.5, 0.6) is 0 Å². The normalized spacial score (nSPS) is 10.6. The predicted molar refractivity (Wildman–Crippen MR) is 55.9 cm³/mol. The lowest BCUT2D eigenvalue weighted by Gasteiger charge is -1.99. The second-order valence-electron chi connectivity index (χ2n) is 3.06. The Kier molecular flexibility index (Phi) is 2.32. The van der Waals surface area contributed by atoms with Gasteiger partial charge in [0.15, 0.2) is 0 Å². The van der Waals surface area contributed by atoms with Crippen molar-refractivity contribution in [2.45, 2.75) is 6.92 Å². The number of nitrogens with zero attached hydrogens (tertiary/aromatic N) is 2. The first-order valence-corrected chi connectivity index (χ1v) is 4.60. The van der Waals surface area contributed by atoms with Gasteiger partial charge in [0, 0.05) is 0 Å². The second-order valence-corrected chi connectivity index (χ2v) is 3.44. The largest absolute Gasteiger partial charge is 0.384 e. The molecule has 0 aliphatic rings. The summed E-state index contributed by atoms with van der Waals surface area (Å²) in [6.45, 7) is 1.73. The third kappa shape index (κ3) is 1.78. The molecule has 2 heterocycles. The number of aromatic amines is 1. The van der Waals surface area contributed by atoms with Crippen LogP contribution >= 0.6 is 11.6 Å². The number of halogens is 2. The molecule has 6 heteroatoms. The Hall–Kier alpha value is -1.62. The van der Waals surface area contributed by atoms with E-state index in [1.165, 1.54) is 12.1 Å². The fourth-order valence-electron chi connectivity index (χ4n) is 1.27. The summed E-state index contributed by atoms with van der Waals surface area (Å²) < 4.78 is 13.4. The van der Waals surface area contributed by atoms with E-state index >= 15 is 0 Å². The molecule has 2 rings (SSSR count). The first-order chi connectivity index (χ1) is 7.08. The van der Waals surface area contributed by atoms with Gasteiger partial charge in [0.2, 0.25) is 5.95 Å². The molecule has 0 unspecified atom stereocenters. The third-order valence-electron chi connectivity index (χ3n) is 1.90. The Bertz CT molecular complexity index is 509. The number of H-pyrrole nitrogens is 1. The van der Waals surface area contributed by atoms with E-state index in [1.807, 2.05) is 0 Å². The number of nitrogens with one attached hydrogen (secondary N) is 1. The summed E-state index contributed by atoms with van der Waals surface area (Å²) in [5.41, 5.74) is 5.92. The van der Waals surface area contributed by atoms with Gasteiger partial charge < -0.3 is 10.7 Å². The molecule has 0 spiro atoms. The van der Waals surface area contributed by atoms with Crippen molar-refractivity contribution in [3.05, 3.63) is 29.1 Å². The molecule has 2 aromatic heterocycles. The summed E-state index contributed by atoms with van der Waals surface area (Å²) in [7, 11) is 0. The van der Waals surface area contributed by atoms with E-state index < -0.39 is 5.95 Å². The zero-order valence-corrected chi connectivity index (χ0v) is 8.64. The zero-order valence-electron chi connectivity index (χ0n) is 7.88. The van der Waals surface area contributed by atoms with Gasteiger partial charge in [0.1, 0.15) is 22.5 Å². The standard InChI is InChI=1S/C9H8ClFN4/c1-4-13-7(8(10)14-4)5-2-3-6(12)15-9(5)11/h2-3H,1H3,(H2,12,15)(H,13,14). The summed E-state index contributed by atoms with van der Waals surface area (Å²) in [4.78, 5) is 10.3. The van der Waals surface area contributed by atoms with E-state index in [9.17, 15) is 4.39 Å². The van der Waals surface area contributed by atoms with Crippen LogP contribution in [0.3, 0.4) is 0 Å². The van der Waals surface area contributed by atoms with Gasteiger partial charge in [-0.05, 0) is 19.1 Å². The maximum atomic E-state index is 13.4. The van der Waals surface area contributed by atoms with Gasteiger partial charge >= 0.3 is 0 Å². The smallest absolute Gasteiger partial charge is 0.224 e. The molecule has 0 aliphatic heterocycles. The lowest BCUT2D eigenvalue weighted by Crippen LogP contribution is -1.95. The van der Waals surface area contributed by atoms with Crippen LogP contribution in [-0.2, 0) is 0 Å². The monoisotopic (exact) mass is 226 g/mol. The molecule has 0 saturated heterocycles. The molecule has 0 fully saturated rings. The molecule has 0 saturated carbocycles. The highest BCUT2D eigenvalue weighted by Crippen LogP contribution is 2.27. The molecule has 0 amide bonds. The predicted octanol–water partition coefficient (Wildman–Crippen LogP) is 2.15. The molecular weight excluding hydrogens is 219 g/mol. The van der Waals surface area contributed by atoms with Crippen LogP contribution in [0.25, 0.3) is 11.3 Å². The van der Waals surface area contributed by atoms with Gasteiger partial charge in [0.05, 0.1) is 5.56 Å². The third-order valence-corrected chi connectivity index (χ3v) is 2.18. The van der Waals surface area contributed by atoms with Crippen molar-refractivity contribution < 1.29 is 4.39 Å². The molecule has 0 aromatic carbocycles. The molecule has 0 bridgehead atoms. The maximum Gasteiger partial charge on any atom is 0.224 e. The van der Waals surface area contributed by atoms with Gasteiger partial charge in [-0.25, -0.2) is 9.97 Å². The van der Waals surface area contributed by atoms with E-state index in [0.29, 0.717) is 11.5 Å². The lowest BCUT2D eigenvalue weighted by molar-refractivity contribution is 0.589. The minimum Gasteiger partial charge on any atom is -0.384 e. The number of hydrogen-bond donors (Lipinski definition) is 2. The minimum atomic E-state index is -0.677. The first-order valence-electron chi connectivity index (χ1n) is 4.22. The highest BCUT2D eigenvalue weighted by atomic mass is 35.5. The van der Waals surface area contributed by atoms with Gasteiger partial charge in [-0.3, -0.25) is 0 Å². The molecular formula is C9H8ClFN4. The topological polar surface area (TPSA) is 67.6 Å². The molecule has 78 valence electrons. The molecule has 2 aromatic rings. The Morgan fingerprint density at radius 1 is 1.40 bits per heavy atom. The summed E-state index contributed by atoms with van der Waals surface area (Å²) in [5, 5.41) is 0.290. The van der Waals surface area contributed by atoms with Crippen molar-refractivity contribution in [2.24, 2.45) is 0 Å². The molecule has 15 heavy (non-hydrogen) atoms. The van der Waals surface area contributed by atoms with Crippen molar-refractivity contribution >= 4 is 17.4 Å². The van der Waals surface area contributed by atoms with Crippen LogP contribution in [0.15, 0.2) is 12.1 Å². The summed E-state index contributed by atoms with van der Waals surface area (Å²) >= 11 is 5.85. The van der Waals surface area contributed by atoms with Crippen LogP contribution < -0.4 is 5.73 Å². The minimum absolute atomic E-state index is 0.125. The van der Waals surface area contributed by atoms with Crippen LogP contribution in [-0.4, -0.2) is 15.0 Å². The Morgan fingerprint density at radius 3 is 2.67 bits per heavy atom. The zero-order chi connectivity index (χ0) is 11.0. The SMILES string of the molecule is Cc1nc(-c2ccc(N)nc2F)c(Cl)[nH]1. The summed E-state index contributed by atoms with van der Waals surface area (Å²) in [6.07, 6.45) is 0. The highest BCUT2D eigenvalue weighted by Gasteiger charge is 2.13. The van der Waals surface area contributed by atoms with Gasteiger partial charge in [-0.2, -0.15) is 4.39 Å². The van der Waals surface area contributed by atoms with Crippen molar-refractivity contribution in [3.8, 4) is 11.3 Å². The number of rotatable bonds is 1. The number of nitrogens with two attached hydrogens (primary N) is 1. The number of aryl methyl sites for hydroxylation is 1. The molecule has 0 aliphatic carbocycles. The Balaban J connectivity index is 2.59. The van der Waals surface area contributed by atoms with Crippen molar-refractivity contribution in [1.82, 2.24) is 15.0 Å². The first kappa shape index (κ1) is 9.92. The molecule has 4 nitrogen and oxygen atoms in total. The van der Waals surface area contributed by atoms with E-state index in [-0.39, 0.29) is 16.5 Å². The van der Waals surface area contributed by atoms with Gasteiger partial charge in [-0.15, -0.1) is 0 Å². The van der Waals surface area contributed by atoms with E-state index in [2.05, 4.69) is 15.0 Å². The average molecular weight is 227 g/mol. The molecule has 0 atom stereocenters. The van der Waals surface area contributed by atoms with E-state index in [1.54, 1.807) is 6.92 Å². The Labute approximate surface area is 90.3 Å². The molecule has 3 N–H and O–H groups in total. The van der Waals surface area contributed by atoms with Crippen molar-refractivity contribution in [3.63, 3.8) is 0 Å². The Morgan fingerprint density at radius 2 is 2.13 bits per heavy atom. The van der Waals surface area contributed by atoms with Crippen LogP contribution in [0.2, 0.25) is 5.15 Å². The lowest BCUT2D eigenvalue weighted by atomic mass is 10.2. The fraction of sp³-hybridized carbons (Fsp3) is 0.111. The van der Waals surface area contributed by atoms with Crippen LogP contribution in [0, 0.1) is 12.9 Å². The molecule has 0 radical (unpaired) electrons. The van der Waals surface area contributed by atoms with E-state index in [4.69, 9.17) is 17.3 Å². The summed E-state index contributed by atoms with van der Waals surface area (Å²) in [6, 6.07) is 3.00. The fourth-order valence-corrected chi connectivity index (χ4v) is 1.55.